The molecule has 1 aromatic rings. The average molecular weight is 305 g/mol. The lowest BCUT2D eigenvalue weighted by Gasteiger charge is -2.11. The summed E-state index contributed by atoms with van der Waals surface area (Å²) in [7, 11) is 0. The minimum atomic E-state index is -0.370. The monoisotopic (exact) mass is 305 g/mol. The summed E-state index contributed by atoms with van der Waals surface area (Å²) in [6.07, 6.45) is 1.03. The van der Waals surface area contributed by atoms with Crippen molar-refractivity contribution in [3.8, 4) is 5.75 Å². The van der Waals surface area contributed by atoms with Crippen molar-refractivity contribution in [1.82, 2.24) is 10.7 Å². The van der Waals surface area contributed by atoms with Crippen molar-refractivity contribution in [2.45, 2.75) is 39.7 Å². The van der Waals surface area contributed by atoms with E-state index in [4.69, 9.17) is 4.74 Å². The number of carbonyl (C=O) groups is 2. The predicted octanol–water partition coefficient (Wildman–Crippen LogP) is 1.86. The molecular formula is C16H23N3O3. The third kappa shape index (κ3) is 7.42. The highest BCUT2D eigenvalue weighted by Gasteiger charge is 2.07. The van der Waals surface area contributed by atoms with E-state index in [1.165, 1.54) is 0 Å². The fourth-order valence-corrected chi connectivity index (χ4v) is 1.56. The van der Waals surface area contributed by atoms with Crippen molar-refractivity contribution in [3.05, 3.63) is 30.3 Å². The molecule has 0 aliphatic rings. The van der Waals surface area contributed by atoms with Crippen molar-refractivity contribution < 1.29 is 14.3 Å². The number of amides is 2. The second-order valence-electron chi connectivity index (χ2n) is 5.04. The van der Waals surface area contributed by atoms with Gasteiger partial charge in [-0.05, 0) is 32.4 Å². The van der Waals surface area contributed by atoms with Crippen LogP contribution < -0.4 is 15.5 Å². The Balaban J connectivity index is 2.30. The van der Waals surface area contributed by atoms with Gasteiger partial charge in [0.25, 0.3) is 5.91 Å². The minimum absolute atomic E-state index is 0.106. The summed E-state index contributed by atoms with van der Waals surface area (Å²) < 4.78 is 5.29. The van der Waals surface area contributed by atoms with Crippen LogP contribution in [0.1, 0.15) is 33.6 Å². The molecule has 1 rings (SSSR count). The van der Waals surface area contributed by atoms with E-state index >= 15 is 0 Å². The number of hydrazone groups is 1. The normalized spacial score (nSPS) is 12.4. The largest absolute Gasteiger partial charge is 0.484 e. The molecule has 1 aromatic carbocycles. The molecule has 0 aliphatic carbocycles. The van der Waals surface area contributed by atoms with Gasteiger partial charge in [0.1, 0.15) is 5.75 Å². The molecule has 0 heterocycles. The Morgan fingerprint density at radius 3 is 2.55 bits per heavy atom. The fraction of sp³-hybridized carbons (Fsp3) is 0.438. The molecule has 120 valence electrons. The first kappa shape index (κ1) is 17.7. The van der Waals surface area contributed by atoms with Crippen molar-refractivity contribution in [2.75, 3.05) is 6.61 Å². The smallest absolute Gasteiger partial charge is 0.277 e. The van der Waals surface area contributed by atoms with Gasteiger partial charge >= 0.3 is 0 Å². The van der Waals surface area contributed by atoms with E-state index in [1.807, 2.05) is 32.0 Å². The van der Waals surface area contributed by atoms with E-state index in [9.17, 15) is 9.59 Å². The number of para-hydroxylation sites is 1. The Hall–Kier alpha value is -2.37. The van der Waals surface area contributed by atoms with Crippen molar-refractivity contribution in [1.29, 1.82) is 0 Å². The zero-order valence-electron chi connectivity index (χ0n) is 13.3. The van der Waals surface area contributed by atoms with Gasteiger partial charge in [0.2, 0.25) is 5.91 Å². The van der Waals surface area contributed by atoms with Crippen LogP contribution in [0.2, 0.25) is 0 Å². The zero-order chi connectivity index (χ0) is 16.4. The van der Waals surface area contributed by atoms with Gasteiger partial charge in [0, 0.05) is 11.8 Å². The van der Waals surface area contributed by atoms with Gasteiger partial charge in [0.05, 0.1) is 6.42 Å². The van der Waals surface area contributed by atoms with Crippen LogP contribution in [0.3, 0.4) is 0 Å². The lowest BCUT2D eigenvalue weighted by Crippen LogP contribution is -2.33. The Kier molecular flexibility index (Phi) is 7.67. The van der Waals surface area contributed by atoms with E-state index in [2.05, 4.69) is 15.8 Å². The average Bonchev–Trinajstić information content (AvgIpc) is 2.51. The highest BCUT2D eigenvalue weighted by Crippen LogP contribution is 2.07. The van der Waals surface area contributed by atoms with Crippen LogP contribution in [-0.4, -0.2) is 30.2 Å². The summed E-state index contributed by atoms with van der Waals surface area (Å²) in [5.74, 6) is 0.141. The van der Waals surface area contributed by atoms with Gasteiger partial charge in [0.15, 0.2) is 6.61 Å². The van der Waals surface area contributed by atoms with Gasteiger partial charge in [-0.2, -0.15) is 5.10 Å². The lowest BCUT2D eigenvalue weighted by atomic mass is 10.2. The van der Waals surface area contributed by atoms with Crippen LogP contribution in [0.4, 0.5) is 0 Å². The van der Waals surface area contributed by atoms with Gasteiger partial charge in [-0.15, -0.1) is 0 Å². The Labute approximate surface area is 130 Å². The first-order chi connectivity index (χ1) is 10.5. The molecule has 0 spiro atoms. The van der Waals surface area contributed by atoms with Gasteiger partial charge in [-0.3, -0.25) is 9.59 Å². The summed E-state index contributed by atoms with van der Waals surface area (Å²) in [6, 6.07) is 9.18. The van der Waals surface area contributed by atoms with E-state index < -0.39 is 0 Å². The quantitative estimate of drug-likeness (QED) is 0.568. The van der Waals surface area contributed by atoms with Crippen molar-refractivity contribution in [2.24, 2.45) is 5.10 Å². The number of hydrogen-bond acceptors (Lipinski definition) is 4. The van der Waals surface area contributed by atoms with E-state index in [0.717, 1.165) is 6.42 Å². The second-order valence-corrected chi connectivity index (χ2v) is 5.04. The standard InChI is InChI=1S/C16H23N3O3/c1-4-12(2)17-15(20)10-13(3)18-19-16(21)11-22-14-8-6-5-7-9-14/h5-9,12H,4,10-11H2,1-3H3,(H,17,20)(H,19,21)/b18-13+/t12-/m1/s1. The molecule has 22 heavy (non-hydrogen) atoms. The molecule has 2 N–H and O–H groups in total. The second kappa shape index (κ2) is 9.55. The molecular weight excluding hydrogens is 282 g/mol. The van der Waals surface area contributed by atoms with Gasteiger partial charge in [-0.1, -0.05) is 25.1 Å². The maximum Gasteiger partial charge on any atom is 0.277 e. The summed E-state index contributed by atoms with van der Waals surface area (Å²) in [5, 5.41) is 6.72. The van der Waals surface area contributed by atoms with Crippen molar-refractivity contribution >= 4 is 17.5 Å². The van der Waals surface area contributed by atoms with Crippen LogP contribution in [0.15, 0.2) is 35.4 Å². The maximum absolute atomic E-state index is 11.6. The number of hydrogen-bond donors (Lipinski definition) is 2. The number of nitrogens with zero attached hydrogens (tertiary/aromatic N) is 1. The Morgan fingerprint density at radius 2 is 1.91 bits per heavy atom. The number of rotatable bonds is 8. The number of carbonyl (C=O) groups excluding carboxylic acids is 2. The SMILES string of the molecule is CC[C@@H](C)NC(=O)C/C(C)=N/NC(=O)COc1ccccc1. The molecule has 0 unspecified atom stereocenters. The van der Waals surface area contributed by atoms with E-state index in [1.54, 1.807) is 19.1 Å². The van der Waals surface area contributed by atoms with Crippen LogP contribution in [-0.2, 0) is 9.59 Å². The third-order valence-electron chi connectivity index (χ3n) is 2.92. The molecule has 0 radical (unpaired) electrons. The van der Waals surface area contributed by atoms with E-state index in [-0.39, 0.29) is 30.9 Å². The Morgan fingerprint density at radius 1 is 1.23 bits per heavy atom. The van der Waals surface area contributed by atoms with E-state index in [0.29, 0.717) is 11.5 Å². The maximum atomic E-state index is 11.6. The molecule has 6 heteroatoms. The molecule has 0 saturated heterocycles. The number of benzene rings is 1. The van der Waals surface area contributed by atoms with Crippen LogP contribution in [0.25, 0.3) is 0 Å². The van der Waals surface area contributed by atoms with Gasteiger partial charge < -0.3 is 10.1 Å². The molecule has 0 fully saturated rings. The Bertz CT molecular complexity index is 515. The highest BCUT2D eigenvalue weighted by molar-refractivity contribution is 6.00. The fourth-order valence-electron chi connectivity index (χ4n) is 1.56. The number of nitrogens with one attached hydrogen (secondary N) is 2. The van der Waals surface area contributed by atoms with Crippen molar-refractivity contribution in [3.63, 3.8) is 0 Å². The van der Waals surface area contributed by atoms with Crippen LogP contribution in [0.5, 0.6) is 5.75 Å². The first-order valence-corrected chi connectivity index (χ1v) is 7.30. The molecule has 6 nitrogen and oxygen atoms in total. The number of ether oxygens (including phenoxy) is 1. The lowest BCUT2D eigenvalue weighted by molar-refractivity contribution is -0.123. The molecule has 1 atom stereocenters. The summed E-state index contributed by atoms with van der Waals surface area (Å²) >= 11 is 0. The van der Waals surface area contributed by atoms with Crippen LogP contribution >= 0.6 is 0 Å². The molecule has 0 aromatic heterocycles. The molecule has 0 aliphatic heterocycles. The minimum Gasteiger partial charge on any atom is -0.484 e. The molecule has 2 amide bonds. The third-order valence-corrected chi connectivity index (χ3v) is 2.92. The predicted molar refractivity (Wildman–Crippen MR) is 85.7 cm³/mol. The zero-order valence-corrected chi connectivity index (χ0v) is 13.3. The first-order valence-electron chi connectivity index (χ1n) is 7.30. The topological polar surface area (TPSA) is 79.8 Å². The molecule has 0 bridgehead atoms. The summed E-state index contributed by atoms with van der Waals surface area (Å²) in [6.45, 7) is 5.50. The molecule has 0 saturated carbocycles. The van der Waals surface area contributed by atoms with Gasteiger partial charge in [-0.25, -0.2) is 5.43 Å². The summed E-state index contributed by atoms with van der Waals surface area (Å²) in [4.78, 5) is 23.2. The summed E-state index contributed by atoms with van der Waals surface area (Å²) in [5.41, 5.74) is 2.91. The van der Waals surface area contributed by atoms with Crippen LogP contribution in [0, 0.1) is 0 Å². The highest BCUT2D eigenvalue weighted by atomic mass is 16.5.